The van der Waals surface area contributed by atoms with Crippen molar-refractivity contribution in [1.29, 1.82) is 0 Å². The van der Waals surface area contributed by atoms with Gasteiger partial charge in [-0.05, 0) is 40.8 Å². The van der Waals surface area contributed by atoms with Gasteiger partial charge in [0.15, 0.2) is 0 Å². The molecule has 0 radical (unpaired) electrons. The first-order chi connectivity index (χ1) is 6.62. The third-order valence-corrected chi connectivity index (χ3v) is 3.71. The second kappa shape index (κ2) is 3.91. The Labute approximate surface area is 97.2 Å². The molecule has 0 bridgehead atoms. The lowest BCUT2D eigenvalue weighted by Crippen LogP contribution is -2.07. The van der Waals surface area contributed by atoms with E-state index >= 15 is 0 Å². The summed E-state index contributed by atoms with van der Waals surface area (Å²) in [5, 5.41) is 0. The molecule has 1 rings (SSSR count). The van der Waals surface area contributed by atoms with Crippen LogP contribution in [-0.4, -0.2) is 13.0 Å². The minimum absolute atomic E-state index is 0.176. The van der Waals surface area contributed by atoms with Gasteiger partial charge in [-0.25, -0.2) is 0 Å². The summed E-state index contributed by atoms with van der Waals surface area (Å²) in [4.78, 5) is -0.531. The zero-order chi connectivity index (χ0) is 11.9. The van der Waals surface area contributed by atoms with E-state index in [-0.39, 0.29) is 3.57 Å². The fourth-order valence-electron chi connectivity index (χ4n) is 0.886. The van der Waals surface area contributed by atoms with Crippen molar-refractivity contribution in [3.05, 3.63) is 27.3 Å². The largest absolute Gasteiger partial charge is 0.416 e. The van der Waals surface area contributed by atoms with Crippen LogP contribution in [0.1, 0.15) is 5.56 Å². The van der Waals surface area contributed by atoms with E-state index in [0.717, 1.165) is 6.07 Å². The lowest BCUT2D eigenvalue weighted by atomic mass is 10.2. The number of hydrogen-bond acceptors (Lipinski definition) is 2. The fourth-order valence-corrected chi connectivity index (χ4v) is 2.78. The molecule has 0 spiro atoms. The lowest BCUT2D eigenvalue weighted by molar-refractivity contribution is -0.137. The van der Waals surface area contributed by atoms with Gasteiger partial charge in [0.2, 0.25) is 0 Å². The summed E-state index contributed by atoms with van der Waals surface area (Å²) in [7, 11) is -4.47. The van der Waals surface area contributed by atoms with Gasteiger partial charge in [0.25, 0.3) is 10.1 Å². The van der Waals surface area contributed by atoms with Crippen LogP contribution in [0.25, 0.3) is 0 Å². The van der Waals surface area contributed by atoms with Gasteiger partial charge in [-0.3, -0.25) is 4.55 Å². The molecule has 0 fully saturated rings. The molecule has 0 atom stereocenters. The normalized spacial score (nSPS) is 12.9. The number of alkyl halides is 3. The van der Waals surface area contributed by atoms with Crippen LogP contribution in [0.5, 0.6) is 0 Å². The van der Waals surface area contributed by atoms with E-state index < -0.39 is 26.8 Å². The highest BCUT2D eigenvalue weighted by atomic mass is 127. The summed E-state index contributed by atoms with van der Waals surface area (Å²) < 4.78 is 66.4. The molecular weight excluding hydrogens is 348 g/mol. The van der Waals surface area contributed by atoms with Crippen LogP contribution in [0.2, 0.25) is 0 Å². The Morgan fingerprint density at radius 3 is 2.13 bits per heavy atom. The number of rotatable bonds is 1. The van der Waals surface area contributed by atoms with Gasteiger partial charge in [0, 0.05) is 3.57 Å². The van der Waals surface area contributed by atoms with E-state index in [9.17, 15) is 21.6 Å². The average Bonchev–Trinajstić information content (AvgIpc) is 1.99. The van der Waals surface area contributed by atoms with Crippen molar-refractivity contribution >= 4 is 32.7 Å². The Bertz CT molecular complexity index is 481. The molecule has 0 aromatic heterocycles. The standard InChI is InChI=1S/C7H4F3IO3S/c8-7(9,10)4-1-2-6(5(11)3-4)15(12,13)14/h1-3H,(H,12,13,14). The number of benzene rings is 1. The lowest BCUT2D eigenvalue weighted by Gasteiger charge is -2.08. The van der Waals surface area contributed by atoms with Crippen molar-refractivity contribution in [2.24, 2.45) is 0 Å². The molecule has 84 valence electrons. The average molecular weight is 352 g/mol. The molecule has 0 saturated heterocycles. The minimum atomic E-state index is -4.53. The summed E-state index contributed by atoms with van der Waals surface area (Å²) in [6, 6.07) is 1.98. The molecule has 0 heterocycles. The van der Waals surface area contributed by atoms with Crippen LogP contribution in [0.4, 0.5) is 13.2 Å². The molecule has 0 aliphatic heterocycles. The molecule has 0 unspecified atom stereocenters. The molecule has 1 aromatic rings. The first-order valence-electron chi connectivity index (χ1n) is 3.46. The van der Waals surface area contributed by atoms with Crippen LogP contribution in [-0.2, 0) is 16.3 Å². The van der Waals surface area contributed by atoms with Crippen LogP contribution >= 0.6 is 22.6 Å². The molecule has 0 amide bonds. The van der Waals surface area contributed by atoms with Gasteiger partial charge in [0.05, 0.1) is 5.56 Å². The van der Waals surface area contributed by atoms with E-state index in [1.54, 1.807) is 0 Å². The van der Waals surface area contributed by atoms with Crippen molar-refractivity contribution in [3.8, 4) is 0 Å². The van der Waals surface area contributed by atoms with E-state index in [2.05, 4.69) is 0 Å². The highest BCUT2D eigenvalue weighted by Crippen LogP contribution is 2.31. The van der Waals surface area contributed by atoms with Gasteiger partial charge < -0.3 is 0 Å². The summed E-state index contributed by atoms with van der Waals surface area (Å²) in [6.07, 6.45) is -4.53. The molecular formula is C7H4F3IO3S. The molecule has 15 heavy (non-hydrogen) atoms. The maximum absolute atomic E-state index is 12.2. The Hall–Kier alpha value is -0.350. The van der Waals surface area contributed by atoms with E-state index in [1.807, 2.05) is 0 Å². The Morgan fingerprint density at radius 2 is 1.80 bits per heavy atom. The SMILES string of the molecule is O=S(=O)(O)c1ccc(C(F)(F)F)cc1I. The molecule has 1 aromatic carbocycles. The van der Waals surface area contributed by atoms with Gasteiger partial charge in [0.1, 0.15) is 4.90 Å². The fraction of sp³-hybridized carbons (Fsp3) is 0.143. The third kappa shape index (κ3) is 3.05. The van der Waals surface area contributed by atoms with Crippen LogP contribution in [0.3, 0.4) is 0 Å². The van der Waals surface area contributed by atoms with Gasteiger partial charge in [-0.2, -0.15) is 21.6 Å². The number of halogens is 4. The zero-order valence-electron chi connectivity index (χ0n) is 6.92. The van der Waals surface area contributed by atoms with Crippen molar-refractivity contribution in [1.82, 2.24) is 0 Å². The zero-order valence-corrected chi connectivity index (χ0v) is 9.89. The van der Waals surface area contributed by atoms with Gasteiger partial charge in [-0.1, -0.05) is 0 Å². The van der Waals surface area contributed by atoms with Crippen molar-refractivity contribution < 1.29 is 26.1 Å². The smallest absolute Gasteiger partial charge is 0.282 e. The predicted octanol–water partition coefficient (Wildman–Crippen LogP) is 2.56. The Kier molecular flexibility index (Phi) is 3.31. The predicted molar refractivity (Wildman–Crippen MR) is 54.0 cm³/mol. The van der Waals surface area contributed by atoms with Crippen molar-refractivity contribution in [2.75, 3.05) is 0 Å². The molecule has 1 N–H and O–H groups in total. The highest BCUT2D eigenvalue weighted by molar-refractivity contribution is 14.1. The van der Waals surface area contributed by atoms with Gasteiger partial charge in [-0.15, -0.1) is 0 Å². The van der Waals surface area contributed by atoms with E-state index in [4.69, 9.17) is 4.55 Å². The topological polar surface area (TPSA) is 54.4 Å². The van der Waals surface area contributed by atoms with E-state index in [1.165, 1.54) is 22.6 Å². The first-order valence-corrected chi connectivity index (χ1v) is 5.98. The van der Waals surface area contributed by atoms with Gasteiger partial charge >= 0.3 is 6.18 Å². The molecule has 0 aliphatic carbocycles. The molecule has 0 aliphatic rings. The van der Waals surface area contributed by atoms with Crippen LogP contribution in [0, 0.1) is 3.57 Å². The number of hydrogen-bond donors (Lipinski definition) is 1. The second-order valence-corrected chi connectivity index (χ2v) is 5.17. The van der Waals surface area contributed by atoms with E-state index in [0.29, 0.717) is 12.1 Å². The molecule has 3 nitrogen and oxygen atoms in total. The monoisotopic (exact) mass is 352 g/mol. The quantitative estimate of drug-likeness (QED) is 0.624. The van der Waals surface area contributed by atoms with Crippen LogP contribution in [0.15, 0.2) is 23.1 Å². The van der Waals surface area contributed by atoms with Crippen LogP contribution < -0.4 is 0 Å². The summed E-state index contributed by atoms with van der Waals surface area (Å²) in [6.45, 7) is 0. The minimum Gasteiger partial charge on any atom is -0.282 e. The van der Waals surface area contributed by atoms with Crippen molar-refractivity contribution in [3.63, 3.8) is 0 Å². The highest BCUT2D eigenvalue weighted by Gasteiger charge is 2.31. The maximum atomic E-state index is 12.2. The first kappa shape index (κ1) is 12.7. The summed E-state index contributed by atoms with van der Waals surface area (Å²) in [5.74, 6) is 0. The Balaban J connectivity index is 3.34. The van der Waals surface area contributed by atoms with Crippen molar-refractivity contribution in [2.45, 2.75) is 11.1 Å². The molecule has 0 saturated carbocycles. The Morgan fingerprint density at radius 1 is 1.27 bits per heavy atom. The molecule has 8 heteroatoms. The third-order valence-electron chi connectivity index (χ3n) is 1.54. The second-order valence-electron chi connectivity index (χ2n) is 2.62. The maximum Gasteiger partial charge on any atom is 0.416 e. The summed E-state index contributed by atoms with van der Waals surface area (Å²) in [5.41, 5.74) is -0.959. The summed E-state index contributed by atoms with van der Waals surface area (Å²) >= 11 is 1.41.